The Kier molecular flexibility index (Phi) is 5.12. The lowest BCUT2D eigenvalue weighted by Crippen LogP contribution is -2.48. The summed E-state index contributed by atoms with van der Waals surface area (Å²) in [7, 11) is 0. The quantitative estimate of drug-likeness (QED) is 0.776. The Morgan fingerprint density at radius 2 is 1.71 bits per heavy atom. The molecule has 0 heterocycles. The third kappa shape index (κ3) is 5.89. The molecule has 0 spiro atoms. The zero-order chi connectivity index (χ0) is 13.8. The van der Waals surface area contributed by atoms with Crippen molar-refractivity contribution in [2.24, 2.45) is 5.92 Å². The van der Waals surface area contributed by atoms with Crippen LogP contribution < -0.4 is 5.32 Å². The van der Waals surface area contributed by atoms with E-state index in [2.05, 4.69) is 5.32 Å². The van der Waals surface area contributed by atoms with Crippen LogP contribution in [0.4, 0.5) is 4.79 Å². The number of aliphatic carboxylic acids is 1. The minimum Gasteiger partial charge on any atom is -0.480 e. The fraction of sp³-hybridized carbons (Fsp3) is 0.727. The largest absolute Gasteiger partial charge is 0.480 e. The van der Waals surface area contributed by atoms with E-state index >= 15 is 0 Å². The Bertz CT molecular complexity index is 318. The van der Waals surface area contributed by atoms with E-state index in [-0.39, 0.29) is 5.78 Å². The lowest BCUT2D eigenvalue weighted by atomic mass is 9.98. The molecule has 0 saturated carbocycles. The van der Waals surface area contributed by atoms with Gasteiger partial charge in [0.2, 0.25) is 0 Å². The van der Waals surface area contributed by atoms with E-state index in [0.29, 0.717) is 0 Å². The van der Waals surface area contributed by atoms with E-state index in [0.717, 1.165) is 0 Å². The maximum atomic E-state index is 11.4. The van der Waals surface area contributed by atoms with E-state index in [1.54, 1.807) is 20.8 Å². The Balaban J connectivity index is 4.62. The predicted octanol–water partition coefficient (Wildman–Crippen LogP) is 1.19. The lowest BCUT2D eigenvalue weighted by Gasteiger charge is -2.23. The number of carboxylic acids is 1. The molecule has 2 N–H and O–H groups in total. The molecule has 0 aliphatic carbocycles. The summed E-state index contributed by atoms with van der Waals surface area (Å²) in [5.74, 6) is -2.38. The molecule has 0 aromatic carbocycles. The average molecular weight is 245 g/mol. The molecular formula is C11H19NO5. The number of carboxylic acid groups (broad SMARTS) is 1. The van der Waals surface area contributed by atoms with Crippen molar-refractivity contribution in [3.8, 4) is 0 Å². The molecule has 0 aromatic rings. The summed E-state index contributed by atoms with van der Waals surface area (Å²) in [4.78, 5) is 33.4. The molecule has 0 aliphatic heterocycles. The summed E-state index contributed by atoms with van der Waals surface area (Å²) in [6.45, 7) is 7.71. The van der Waals surface area contributed by atoms with Gasteiger partial charge < -0.3 is 15.2 Å². The molecule has 1 amide bonds. The van der Waals surface area contributed by atoms with Gasteiger partial charge in [0, 0.05) is 5.92 Å². The van der Waals surface area contributed by atoms with Crippen molar-refractivity contribution in [3.05, 3.63) is 0 Å². The lowest BCUT2D eigenvalue weighted by molar-refractivity contribution is -0.143. The standard InChI is InChI=1S/C11H19NO5/c1-6(7(2)13)8(9(14)15)12-10(16)17-11(3,4)5/h6,8H,1-5H3,(H,12,16)(H,14,15). The highest BCUT2D eigenvalue weighted by Gasteiger charge is 2.31. The molecule has 17 heavy (non-hydrogen) atoms. The zero-order valence-corrected chi connectivity index (χ0v) is 10.7. The maximum absolute atomic E-state index is 11.4. The Hall–Kier alpha value is -1.59. The number of alkyl carbamates (subject to hydrolysis) is 1. The summed E-state index contributed by atoms with van der Waals surface area (Å²) in [5, 5.41) is 11.1. The minimum absolute atomic E-state index is 0.312. The number of Topliss-reactive ketones (excluding diaryl/α,β-unsaturated/α-hetero) is 1. The number of amides is 1. The van der Waals surface area contributed by atoms with E-state index in [4.69, 9.17) is 9.84 Å². The first-order chi connectivity index (χ1) is 7.54. The molecule has 98 valence electrons. The van der Waals surface area contributed by atoms with Gasteiger partial charge in [0.25, 0.3) is 0 Å². The first kappa shape index (κ1) is 15.4. The van der Waals surface area contributed by atoms with Crippen LogP contribution in [-0.4, -0.2) is 34.6 Å². The second-order valence-corrected chi connectivity index (χ2v) is 4.86. The third-order valence-corrected chi connectivity index (χ3v) is 2.08. The Labute approximate surface area is 100 Å². The van der Waals surface area contributed by atoms with Crippen molar-refractivity contribution in [1.82, 2.24) is 5.32 Å². The summed E-state index contributed by atoms with van der Waals surface area (Å²) in [6, 6.07) is -1.28. The van der Waals surface area contributed by atoms with Crippen LogP contribution in [0, 0.1) is 5.92 Å². The van der Waals surface area contributed by atoms with Gasteiger partial charge in [0.15, 0.2) is 0 Å². The van der Waals surface area contributed by atoms with Crippen LogP contribution in [0.2, 0.25) is 0 Å². The molecule has 0 aliphatic rings. The van der Waals surface area contributed by atoms with E-state index < -0.39 is 29.6 Å². The summed E-state index contributed by atoms with van der Waals surface area (Å²) in [6.07, 6.45) is -0.849. The van der Waals surface area contributed by atoms with Crippen molar-refractivity contribution in [2.75, 3.05) is 0 Å². The average Bonchev–Trinajstić information content (AvgIpc) is 2.09. The molecule has 0 radical (unpaired) electrons. The molecule has 0 fully saturated rings. The van der Waals surface area contributed by atoms with Gasteiger partial charge in [-0.15, -0.1) is 0 Å². The molecule has 0 bridgehead atoms. The third-order valence-electron chi connectivity index (χ3n) is 2.08. The number of carbonyl (C=O) groups excluding carboxylic acids is 2. The van der Waals surface area contributed by atoms with Crippen molar-refractivity contribution in [3.63, 3.8) is 0 Å². The number of nitrogens with one attached hydrogen (secondary N) is 1. The fourth-order valence-corrected chi connectivity index (χ4v) is 1.07. The molecule has 0 rings (SSSR count). The van der Waals surface area contributed by atoms with Gasteiger partial charge in [-0.25, -0.2) is 9.59 Å². The smallest absolute Gasteiger partial charge is 0.408 e. The van der Waals surface area contributed by atoms with Crippen molar-refractivity contribution >= 4 is 17.8 Å². The van der Waals surface area contributed by atoms with Gasteiger partial charge in [0.1, 0.15) is 17.4 Å². The SMILES string of the molecule is CC(=O)C(C)C(NC(=O)OC(C)(C)C)C(=O)O. The fourth-order valence-electron chi connectivity index (χ4n) is 1.07. The van der Waals surface area contributed by atoms with Crippen LogP contribution in [0.1, 0.15) is 34.6 Å². The molecule has 0 aromatic heterocycles. The van der Waals surface area contributed by atoms with Crippen LogP contribution in [0.15, 0.2) is 0 Å². The number of hydrogen-bond donors (Lipinski definition) is 2. The highest BCUT2D eigenvalue weighted by molar-refractivity contribution is 5.88. The van der Waals surface area contributed by atoms with Gasteiger partial charge in [0.05, 0.1) is 0 Å². The monoisotopic (exact) mass is 245 g/mol. The number of carbonyl (C=O) groups is 3. The molecule has 6 heteroatoms. The van der Waals surface area contributed by atoms with Crippen molar-refractivity contribution in [1.29, 1.82) is 0 Å². The molecule has 2 unspecified atom stereocenters. The summed E-state index contributed by atoms with van der Waals surface area (Å²) in [5.41, 5.74) is -0.716. The number of ketones is 1. The molecule has 0 saturated heterocycles. The van der Waals surface area contributed by atoms with E-state index in [1.807, 2.05) is 0 Å². The Morgan fingerprint density at radius 3 is 2.00 bits per heavy atom. The predicted molar refractivity (Wildman–Crippen MR) is 60.6 cm³/mol. The van der Waals surface area contributed by atoms with E-state index in [9.17, 15) is 14.4 Å². The summed E-state index contributed by atoms with van der Waals surface area (Å²) >= 11 is 0. The zero-order valence-electron chi connectivity index (χ0n) is 10.7. The first-order valence-corrected chi connectivity index (χ1v) is 5.27. The second kappa shape index (κ2) is 5.65. The number of hydrogen-bond acceptors (Lipinski definition) is 4. The number of rotatable bonds is 4. The van der Waals surface area contributed by atoms with Crippen LogP contribution in [0.5, 0.6) is 0 Å². The summed E-state index contributed by atoms with van der Waals surface area (Å²) < 4.78 is 4.92. The van der Waals surface area contributed by atoms with Gasteiger partial charge in [-0.3, -0.25) is 4.79 Å². The molecule has 2 atom stereocenters. The van der Waals surface area contributed by atoms with Crippen LogP contribution in [0.3, 0.4) is 0 Å². The highest BCUT2D eigenvalue weighted by atomic mass is 16.6. The molecular weight excluding hydrogens is 226 g/mol. The van der Waals surface area contributed by atoms with Gasteiger partial charge >= 0.3 is 12.1 Å². The second-order valence-electron chi connectivity index (χ2n) is 4.86. The van der Waals surface area contributed by atoms with Crippen molar-refractivity contribution in [2.45, 2.75) is 46.3 Å². The van der Waals surface area contributed by atoms with Crippen molar-refractivity contribution < 1.29 is 24.2 Å². The topological polar surface area (TPSA) is 92.7 Å². The number of ether oxygens (including phenoxy) is 1. The van der Waals surface area contributed by atoms with Crippen LogP contribution >= 0.6 is 0 Å². The normalized spacial score (nSPS) is 14.6. The van der Waals surface area contributed by atoms with E-state index in [1.165, 1.54) is 13.8 Å². The highest BCUT2D eigenvalue weighted by Crippen LogP contribution is 2.09. The molecule has 6 nitrogen and oxygen atoms in total. The maximum Gasteiger partial charge on any atom is 0.408 e. The van der Waals surface area contributed by atoms with Gasteiger partial charge in [-0.05, 0) is 27.7 Å². The van der Waals surface area contributed by atoms with Gasteiger partial charge in [-0.2, -0.15) is 0 Å². The van der Waals surface area contributed by atoms with Crippen LogP contribution in [0.25, 0.3) is 0 Å². The van der Waals surface area contributed by atoms with Crippen LogP contribution in [-0.2, 0) is 14.3 Å². The minimum atomic E-state index is -1.28. The Morgan fingerprint density at radius 1 is 1.24 bits per heavy atom. The first-order valence-electron chi connectivity index (χ1n) is 5.27. The van der Waals surface area contributed by atoms with Gasteiger partial charge in [-0.1, -0.05) is 6.92 Å².